The zero-order valence-electron chi connectivity index (χ0n) is 18.0. The first kappa shape index (κ1) is 20.4. The molecule has 4 aromatic rings. The molecule has 6 nitrogen and oxygen atoms in total. The fourth-order valence-electron chi connectivity index (χ4n) is 4.47. The van der Waals surface area contributed by atoms with Crippen LogP contribution >= 0.6 is 0 Å². The van der Waals surface area contributed by atoms with E-state index in [1.807, 2.05) is 40.7 Å². The third-order valence-electron chi connectivity index (χ3n) is 6.11. The van der Waals surface area contributed by atoms with Gasteiger partial charge in [-0.25, -0.2) is 14.4 Å². The van der Waals surface area contributed by atoms with Crippen LogP contribution in [0.5, 0.6) is 0 Å². The van der Waals surface area contributed by atoms with E-state index in [1.165, 1.54) is 12.1 Å². The lowest BCUT2D eigenvalue weighted by Gasteiger charge is -2.34. The summed E-state index contributed by atoms with van der Waals surface area (Å²) in [4.78, 5) is 24.3. The maximum absolute atomic E-state index is 13.3. The summed E-state index contributed by atoms with van der Waals surface area (Å²) in [5, 5.41) is 0. The number of oxazole rings is 1. The highest BCUT2D eigenvalue weighted by Crippen LogP contribution is 2.31. The van der Waals surface area contributed by atoms with Gasteiger partial charge in [0.25, 0.3) is 0 Å². The summed E-state index contributed by atoms with van der Waals surface area (Å²) < 4.78 is 21.2. The highest BCUT2D eigenvalue weighted by Gasteiger charge is 2.31. The van der Waals surface area contributed by atoms with Gasteiger partial charge in [0, 0.05) is 13.0 Å². The Balaban J connectivity index is 1.35. The number of fused-ring (bicyclic) bond motifs is 1. The van der Waals surface area contributed by atoms with E-state index in [4.69, 9.17) is 4.42 Å². The van der Waals surface area contributed by atoms with Crippen LogP contribution in [0.3, 0.4) is 0 Å². The fraction of sp³-hybridized carbons (Fsp3) is 0.320. The van der Waals surface area contributed by atoms with Gasteiger partial charge in [-0.3, -0.25) is 4.79 Å². The van der Waals surface area contributed by atoms with Crippen molar-refractivity contribution in [2.45, 2.75) is 45.2 Å². The van der Waals surface area contributed by atoms with Crippen molar-refractivity contribution in [2.24, 2.45) is 0 Å². The highest BCUT2D eigenvalue weighted by atomic mass is 19.1. The van der Waals surface area contributed by atoms with E-state index in [0.717, 1.165) is 41.7 Å². The zero-order valence-corrected chi connectivity index (χ0v) is 18.0. The monoisotopic (exact) mass is 432 g/mol. The van der Waals surface area contributed by atoms with Gasteiger partial charge < -0.3 is 13.9 Å². The lowest BCUT2D eigenvalue weighted by atomic mass is 10.0. The number of hydrogen-bond donors (Lipinski definition) is 0. The Bertz CT molecular complexity index is 1240. The molecule has 1 amide bonds. The largest absolute Gasteiger partial charge is 0.443 e. The summed E-state index contributed by atoms with van der Waals surface area (Å²) in [5.41, 5.74) is 2.81. The molecule has 0 bridgehead atoms. The third kappa shape index (κ3) is 4.02. The number of para-hydroxylation sites is 2. The minimum absolute atomic E-state index is 0.0410. The molecule has 32 heavy (non-hydrogen) atoms. The molecule has 0 N–H and O–H groups in total. The van der Waals surface area contributed by atoms with E-state index >= 15 is 0 Å². The van der Waals surface area contributed by atoms with Crippen molar-refractivity contribution in [3.63, 3.8) is 0 Å². The molecule has 2 aromatic carbocycles. The van der Waals surface area contributed by atoms with Crippen LogP contribution in [-0.4, -0.2) is 31.9 Å². The van der Waals surface area contributed by atoms with Crippen LogP contribution in [0.4, 0.5) is 4.39 Å². The molecule has 0 aliphatic carbocycles. The molecule has 0 saturated carbocycles. The summed E-state index contributed by atoms with van der Waals surface area (Å²) in [6, 6.07) is 14.1. The Morgan fingerprint density at radius 3 is 2.81 bits per heavy atom. The van der Waals surface area contributed by atoms with Gasteiger partial charge >= 0.3 is 0 Å². The molecular formula is C25H25FN4O2. The van der Waals surface area contributed by atoms with Gasteiger partial charge in [0.15, 0.2) is 0 Å². The molecule has 1 fully saturated rings. The number of rotatable bonds is 5. The lowest BCUT2D eigenvalue weighted by molar-refractivity contribution is -0.136. The van der Waals surface area contributed by atoms with E-state index in [9.17, 15) is 9.18 Å². The summed E-state index contributed by atoms with van der Waals surface area (Å²) >= 11 is 0. The van der Waals surface area contributed by atoms with Gasteiger partial charge in [-0.2, -0.15) is 0 Å². The van der Waals surface area contributed by atoms with E-state index in [2.05, 4.69) is 9.97 Å². The van der Waals surface area contributed by atoms with E-state index in [1.54, 1.807) is 18.3 Å². The molecule has 2 aromatic heterocycles. The number of amides is 1. The predicted octanol–water partition coefficient (Wildman–Crippen LogP) is 4.82. The summed E-state index contributed by atoms with van der Waals surface area (Å²) in [6.07, 6.45) is 5.07. The predicted molar refractivity (Wildman–Crippen MR) is 118 cm³/mol. The third-order valence-corrected chi connectivity index (χ3v) is 6.11. The van der Waals surface area contributed by atoms with Gasteiger partial charge in [0.05, 0.1) is 17.2 Å². The van der Waals surface area contributed by atoms with Gasteiger partial charge in [-0.1, -0.05) is 24.3 Å². The van der Waals surface area contributed by atoms with E-state index in [-0.39, 0.29) is 24.3 Å². The molecule has 0 spiro atoms. The molecule has 1 aliphatic heterocycles. The van der Waals surface area contributed by atoms with Crippen molar-refractivity contribution in [2.75, 3.05) is 6.54 Å². The number of nitrogens with zero attached hydrogens (tertiary/aromatic N) is 4. The van der Waals surface area contributed by atoms with Gasteiger partial charge in [-0.05, 0) is 56.0 Å². The summed E-state index contributed by atoms with van der Waals surface area (Å²) in [5.74, 6) is 1.89. The average molecular weight is 432 g/mol. The molecule has 1 atom stereocenters. The molecule has 5 rings (SSSR count). The minimum Gasteiger partial charge on any atom is -0.443 e. The summed E-state index contributed by atoms with van der Waals surface area (Å²) in [6.45, 7) is 2.85. The summed E-state index contributed by atoms with van der Waals surface area (Å²) in [7, 11) is 0. The molecule has 3 heterocycles. The van der Waals surface area contributed by atoms with Crippen LogP contribution in [0.15, 0.2) is 59.1 Å². The first-order valence-corrected chi connectivity index (χ1v) is 11.0. The number of piperidine rings is 1. The first-order valence-electron chi connectivity index (χ1n) is 11.0. The van der Waals surface area contributed by atoms with Crippen molar-refractivity contribution in [3.8, 4) is 0 Å². The lowest BCUT2D eigenvalue weighted by Crippen LogP contribution is -2.40. The molecule has 1 saturated heterocycles. The number of hydrogen-bond acceptors (Lipinski definition) is 4. The van der Waals surface area contributed by atoms with E-state index < -0.39 is 0 Å². The molecule has 1 aliphatic rings. The molecular weight excluding hydrogens is 407 g/mol. The number of benzene rings is 2. The Hall–Kier alpha value is -3.48. The van der Waals surface area contributed by atoms with Crippen molar-refractivity contribution >= 4 is 16.9 Å². The Labute approximate surface area is 185 Å². The number of aryl methyl sites for hydroxylation is 1. The molecule has 0 radical (unpaired) electrons. The van der Waals surface area contributed by atoms with E-state index in [0.29, 0.717) is 24.6 Å². The second kappa shape index (κ2) is 8.57. The number of imidazole rings is 1. The van der Waals surface area contributed by atoms with Crippen LogP contribution in [0, 0.1) is 12.7 Å². The second-order valence-corrected chi connectivity index (χ2v) is 8.30. The van der Waals surface area contributed by atoms with Crippen molar-refractivity contribution in [1.29, 1.82) is 0 Å². The first-order chi connectivity index (χ1) is 15.6. The number of likely N-dealkylation sites (tertiary alicyclic amines) is 1. The Morgan fingerprint density at radius 2 is 1.97 bits per heavy atom. The van der Waals surface area contributed by atoms with Crippen LogP contribution in [0.1, 0.15) is 48.3 Å². The minimum atomic E-state index is -0.260. The maximum atomic E-state index is 13.3. The standard InChI is InChI=1S/C25H25FN4O2/c1-17-28-21-6-2-3-7-22(21)30(17)16-24(31)29-13-5-4-8-23(29)25-27-15-20(32-25)14-18-9-11-19(26)12-10-18/h2-3,6-7,9-12,15,23H,4-5,8,13-14,16H2,1H3. The van der Waals surface area contributed by atoms with Crippen molar-refractivity contribution in [1.82, 2.24) is 19.4 Å². The zero-order chi connectivity index (χ0) is 22.1. The smallest absolute Gasteiger partial charge is 0.243 e. The number of aromatic nitrogens is 3. The second-order valence-electron chi connectivity index (χ2n) is 8.30. The SMILES string of the molecule is Cc1nc2ccccc2n1CC(=O)N1CCCCC1c1ncc(Cc2ccc(F)cc2)o1. The molecule has 7 heteroatoms. The molecule has 1 unspecified atom stereocenters. The maximum Gasteiger partial charge on any atom is 0.243 e. The van der Waals surface area contributed by atoms with Gasteiger partial charge in [-0.15, -0.1) is 0 Å². The topological polar surface area (TPSA) is 64.2 Å². The normalized spacial score (nSPS) is 16.6. The Kier molecular flexibility index (Phi) is 5.47. The number of halogens is 1. The number of carbonyl (C=O) groups excluding carboxylic acids is 1. The number of carbonyl (C=O) groups is 1. The van der Waals surface area contributed by atoms with Crippen molar-refractivity contribution < 1.29 is 13.6 Å². The highest BCUT2D eigenvalue weighted by molar-refractivity contribution is 5.81. The Morgan fingerprint density at radius 1 is 1.16 bits per heavy atom. The average Bonchev–Trinajstić information content (AvgIpc) is 3.39. The quantitative estimate of drug-likeness (QED) is 0.454. The van der Waals surface area contributed by atoms with Gasteiger partial charge in [0.1, 0.15) is 30.0 Å². The fourth-order valence-corrected chi connectivity index (χ4v) is 4.47. The van der Waals surface area contributed by atoms with Gasteiger partial charge in [0.2, 0.25) is 11.8 Å². The van der Waals surface area contributed by atoms with Crippen LogP contribution in [-0.2, 0) is 17.8 Å². The van der Waals surface area contributed by atoms with Crippen molar-refractivity contribution in [3.05, 3.63) is 83.6 Å². The molecule has 164 valence electrons. The van der Waals surface area contributed by atoms with Crippen LogP contribution in [0.25, 0.3) is 11.0 Å². The van der Waals surface area contributed by atoms with Crippen LogP contribution < -0.4 is 0 Å². The van der Waals surface area contributed by atoms with Crippen LogP contribution in [0.2, 0.25) is 0 Å².